The normalized spacial score (nSPS) is 25.4. The molecule has 1 aliphatic rings. The fraction of sp³-hybridized carbons (Fsp3) is 0.667. The SMILES string of the molecule is CCC(NC)c1ccc(N2CC(C)CC2C)cn1. The van der Waals surface area contributed by atoms with Crippen molar-refractivity contribution in [3.63, 3.8) is 0 Å². The lowest BCUT2D eigenvalue weighted by Crippen LogP contribution is -2.27. The highest BCUT2D eigenvalue weighted by Gasteiger charge is 2.26. The van der Waals surface area contributed by atoms with Crippen LogP contribution in [0, 0.1) is 5.92 Å². The Morgan fingerprint density at radius 3 is 2.67 bits per heavy atom. The van der Waals surface area contributed by atoms with Gasteiger partial charge in [0.2, 0.25) is 0 Å². The summed E-state index contributed by atoms with van der Waals surface area (Å²) in [6, 6.07) is 5.39. The number of hydrogen-bond acceptors (Lipinski definition) is 3. The monoisotopic (exact) mass is 247 g/mol. The Balaban J connectivity index is 2.12. The molecule has 18 heavy (non-hydrogen) atoms. The van der Waals surface area contributed by atoms with E-state index in [1.54, 1.807) is 0 Å². The number of pyridine rings is 1. The molecule has 3 nitrogen and oxygen atoms in total. The van der Waals surface area contributed by atoms with E-state index in [1.165, 1.54) is 12.1 Å². The first kappa shape index (κ1) is 13.3. The van der Waals surface area contributed by atoms with Gasteiger partial charge in [0.25, 0.3) is 0 Å². The van der Waals surface area contributed by atoms with Crippen LogP contribution >= 0.6 is 0 Å². The van der Waals surface area contributed by atoms with E-state index in [2.05, 4.69) is 48.1 Å². The van der Waals surface area contributed by atoms with Crippen LogP contribution in [0.5, 0.6) is 0 Å². The number of nitrogens with zero attached hydrogens (tertiary/aromatic N) is 2. The average molecular weight is 247 g/mol. The molecule has 1 saturated heterocycles. The molecule has 1 N–H and O–H groups in total. The van der Waals surface area contributed by atoms with Gasteiger partial charge in [-0.15, -0.1) is 0 Å². The van der Waals surface area contributed by atoms with Crippen LogP contribution in [0.25, 0.3) is 0 Å². The Morgan fingerprint density at radius 2 is 2.22 bits per heavy atom. The van der Waals surface area contributed by atoms with Gasteiger partial charge in [0.15, 0.2) is 0 Å². The minimum Gasteiger partial charge on any atom is -0.367 e. The second-order valence-electron chi connectivity index (χ2n) is 5.53. The summed E-state index contributed by atoms with van der Waals surface area (Å²) in [5.41, 5.74) is 2.41. The van der Waals surface area contributed by atoms with Crippen LogP contribution in [0.4, 0.5) is 5.69 Å². The second kappa shape index (κ2) is 5.70. The third-order valence-electron chi connectivity index (χ3n) is 4.00. The zero-order chi connectivity index (χ0) is 13.1. The Labute approximate surface area is 111 Å². The highest BCUT2D eigenvalue weighted by molar-refractivity contribution is 5.47. The Bertz CT molecular complexity index is 370. The third-order valence-corrected chi connectivity index (χ3v) is 4.00. The standard InChI is InChI=1S/C15H25N3/c1-5-14(16-4)15-7-6-13(9-17-15)18-10-11(2)8-12(18)3/h6-7,9,11-12,14,16H,5,8,10H2,1-4H3. The molecule has 0 aliphatic carbocycles. The molecule has 2 rings (SSSR count). The van der Waals surface area contributed by atoms with Gasteiger partial charge < -0.3 is 10.2 Å². The summed E-state index contributed by atoms with van der Waals surface area (Å²) < 4.78 is 0. The molecule has 1 aromatic rings. The average Bonchev–Trinajstić information content (AvgIpc) is 2.71. The predicted octanol–water partition coefficient (Wildman–Crippen LogP) is 2.99. The summed E-state index contributed by atoms with van der Waals surface area (Å²) in [4.78, 5) is 7.09. The molecule has 1 aromatic heterocycles. The van der Waals surface area contributed by atoms with Crippen LogP contribution < -0.4 is 10.2 Å². The second-order valence-corrected chi connectivity index (χ2v) is 5.53. The molecule has 0 bridgehead atoms. The van der Waals surface area contributed by atoms with Gasteiger partial charge in [-0.25, -0.2) is 0 Å². The van der Waals surface area contributed by atoms with E-state index in [0.717, 1.165) is 24.6 Å². The van der Waals surface area contributed by atoms with Crippen molar-refractivity contribution < 1.29 is 0 Å². The summed E-state index contributed by atoms with van der Waals surface area (Å²) >= 11 is 0. The minimum absolute atomic E-state index is 0.369. The van der Waals surface area contributed by atoms with Crippen LogP contribution in [0.1, 0.15) is 45.3 Å². The summed E-state index contributed by atoms with van der Waals surface area (Å²) in [6.07, 6.45) is 4.39. The van der Waals surface area contributed by atoms with Crippen LogP contribution in [0.15, 0.2) is 18.3 Å². The zero-order valence-electron chi connectivity index (χ0n) is 12.0. The van der Waals surface area contributed by atoms with Crippen LogP contribution in [0.2, 0.25) is 0 Å². The molecule has 3 heteroatoms. The molecule has 0 amide bonds. The largest absolute Gasteiger partial charge is 0.367 e. The van der Waals surface area contributed by atoms with Crippen molar-refractivity contribution in [2.24, 2.45) is 5.92 Å². The van der Waals surface area contributed by atoms with Crippen molar-refractivity contribution in [2.45, 2.75) is 45.7 Å². The Kier molecular flexibility index (Phi) is 4.23. The predicted molar refractivity (Wildman–Crippen MR) is 76.9 cm³/mol. The molecule has 2 heterocycles. The first-order chi connectivity index (χ1) is 8.65. The maximum atomic E-state index is 4.62. The van der Waals surface area contributed by atoms with Crippen molar-refractivity contribution in [3.05, 3.63) is 24.0 Å². The number of nitrogens with one attached hydrogen (secondary N) is 1. The number of aromatic nitrogens is 1. The van der Waals surface area contributed by atoms with E-state index >= 15 is 0 Å². The van der Waals surface area contributed by atoms with Gasteiger partial charge in [-0.3, -0.25) is 4.98 Å². The van der Waals surface area contributed by atoms with E-state index in [0.29, 0.717) is 12.1 Å². The smallest absolute Gasteiger partial charge is 0.0574 e. The highest BCUT2D eigenvalue weighted by Crippen LogP contribution is 2.28. The van der Waals surface area contributed by atoms with E-state index < -0.39 is 0 Å². The van der Waals surface area contributed by atoms with Crippen molar-refractivity contribution >= 4 is 5.69 Å². The van der Waals surface area contributed by atoms with Crippen molar-refractivity contribution in [1.82, 2.24) is 10.3 Å². The lowest BCUT2D eigenvalue weighted by atomic mass is 10.1. The Morgan fingerprint density at radius 1 is 1.44 bits per heavy atom. The molecule has 0 saturated carbocycles. The molecular weight excluding hydrogens is 222 g/mol. The zero-order valence-corrected chi connectivity index (χ0v) is 12.0. The lowest BCUT2D eigenvalue weighted by molar-refractivity contribution is 0.561. The highest BCUT2D eigenvalue weighted by atomic mass is 15.2. The van der Waals surface area contributed by atoms with Crippen molar-refractivity contribution in [2.75, 3.05) is 18.5 Å². The van der Waals surface area contributed by atoms with Gasteiger partial charge in [-0.05, 0) is 44.9 Å². The van der Waals surface area contributed by atoms with Gasteiger partial charge in [0.05, 0.1) is 17.6 Å². The first-order valence-corrected chi connectivity index (χ1v) is 7.05. The number of anilines is 1. The number of rotatable bonds is 4. The molecule has 100 valence electrons. The van der Waals surface area contributed by atoms with E-state index in [-0.39, 0.29) is 0 Å². The fourth-order valence-corrected chi connectivity index (χ4v) is 2.99. The molecule has 3 unspecified atom stereocenters. The summed E-state index contributed by atoms with van der Waals surface area (Å²) in [7, 11) is 1.99. The van der Waals surface area contributed by atoms with Crippen LogP contribution in [-0.4, -0.2) is 24.6 Å². The quantitative estimate of drug-likeness (QED) is 0.886. The van der Waals surface area contributed by atoms with Gasteiger partial charge in [-0.2, -0.15) is 0 Å². The molecule has 1 aliphatic heterocycles. The molecule has 0 aromatic carbocycles. The Hall–Kier alpha value is -1.09. The minimum atomic E-state index is 0.369. The van der Waals surface area contributed by atoms with Crippen molar-refractivity contribution in [1.29, 1.82) is 0 Å². The molecular formula is C15H25N3. The van der Waals surface area contributed by atoms with Crippen molar-refractivity contribution in [3.8, 4) is 0 Å². The van der Waals surface area contributed by atoms with Gasteiger partial charge in [0, 0.05) is 18.6 Å². The van der Waals surface area contributed by atoms with E-state index in [1.807, 2.05) is 13.2 Å². The third kappa shape index (κ3) is 2.66. The lowest BCUT2D eigenvalue weighted by Gasteiger charge is -2.24. The molecule has 0 radical (unpaired) electrons. The maximum absolute atomic E-state index is 4.62. The molecule has 3 atom stereocenters. The van der Waals surface area contributed by atoms with Crippen LogP contribution in [-0.2, 0) is 0 Å². The summed E-state index contributed by atoms with van der Waals surface area (Å²) in [5, 5.41) is 3.30. The molecule has 1 fully saturated rings. The van der Waals surface area contributed by atoms with Crippen LogP contribution in [0.3, 0.4) is 0 Å². The summed E-state index contributed by atoms with van der Waals surface area (Å²) in [6.45, 7) is 7.97. The summed E-state index contributed by atoms with van der Waals surface area (Å²) in [5.74, 6) is 0.792. The van der Waals surface area contributed by atoms with E-state index in [4.69, 9.17) is 0 Å². The van der Waals surface area contributed by atoms with Gasteiger partial charge in [0.1, 0.15) is 0 Å². The first-order valence-electron chi connectivity index (χ1n) is 7.05. The maximum Gasteiger partial charge on any atom is 0.0574 e. The topological polar surface area (TPSA) is 28.2 Å². The van der Waals surface area contributed by atoms with Gasteiger partial charge >= 0.3 is 0 Å². The van der Waals surface area contributed by atoms with E-state index in [9.17, 15) is 0 Å². The van der Waals surface area contributed by atoms with Gasteiger partial charge in [-0.1, -0.05) is 13.8 Å². The fourth-order valence-electron chi connectivity index (χ4n) is 2.99. The molecule has 0 spiro atoms. The number of hydrogen-bond donors (Lipinski definition) is 1.